The summed E-state index contributed by atoms with van der Waals surface area (Å²) in [6.07, 6.45) is 0. The molecule has 1 heterocycles. The van der Waals surface area contributed by atoms with Gasteiger partial charge in [-0.2, -0.15) is 0 Å². The zero-order valence-electron chi connectivity index (χ0n) is 7.66. The van der Waals surface area contributed by atoms with Crippen LogP contribution in [-0.2, 0) is 7.05 Å². The molecule has 0 aliphatic heterocycles. The fraction of sp³-hybridized carbons (Fsp3) is 0.111. The smallest absolute Gasteiger partial charge is 0.326 e. The number of rotatable bonds is 1. The van der Waals surface area contributed by atoms with Crippen molar-refractivity contribution < 1.29 is 0 Å². The van der Waals surface area contributed by atoms with Crippen LogP contribution in [0.2, 0.25) is 0 Å². The van der Waals surface area contributed by atoms with Gasteiger partial charge in [0.2, 0.25) is 0 Å². The Labute approximate surface area is 79.7 Å². The number of nitrogen functional groups attached to an aromatic ring is 1. The molecule has 0 saturated heterocycles. The van der Waals surface area contributed by atoms with Crippen molar-refractivity contribution in [2.24, 2.45) is 12.8 Å². The van der Waals surface area contributed by atoms with Gasteiger partial charge >= 0.3 is 5.69 Å². The molecule has 5 nitrogen and oxygen atoms in total. The lowest BCUT2D eigenvalue weighted by molar-refractivity contribution is 0.890. The third-order valence-corrected chi connectivity index (χ3v) is 2.21. The first kappa shape index (κ1) is 8.55. The van der Waals surface area contributed by atoms with Crippen LogP contribution in [0, 0.1) is 5.41 Å². The number of nitrogens with zero attached hydrogens (tertiary/aromatic N) is 1. The lowest BCUT2D eigenvalue weighted by Crippen LogP contribution is -2.16. The van der Waals surface area contributed by atoms with Crippen LogP contribution in [0.5, 0.6) is 0 Å². The van der Waals surface area contributed by atoms with Crippen LogP contribution in [0.1, 0.15) is 5.56 Å². The summed E-state index contributed by atoms with van der Waals surface area (Å²) in [6.45, 7) is 0. The molecule has 1 aromatic carbocycles. The molecule has 0 spiro atoms. The Morgan fingerprint density at radius 2 is 2.29 bits per heavy atom. The van der Waals surface area contributed by atoms with Crippen molar-refractivity contribution in [3.05, 3.63) is 34.2 Å². The molecule has 5 heteroatoms. The average Bonchev–Trinajstić information content (AvgIpc) is 2.43. The molecule has 0 saturated carbocycles. The summed E-state index contributed by atoms with van der Waals surface area (Å²) < 4.78 is 1.45. The maximum Gasteiger partial charge on any atom is 0.326 e. The van der Waals surface area contributed by atoms with Gasteiger partial charge < -0.3 is 10.7 Å². The Morgan fingerprint density at radius 3 is 2.93 bits per heavy atom. The van der Waals surface area contributed by atoms with E-state index < -0.39 is 0 Å². The van der Waals surface area contributed by atoms with E-state index in [1.165, 1.54) is 4.57 Å². The third-order valence-electron chi connectivity index (χ3n) is 2.21. The molecule has 2 aromatic rings. The van der Waals surface area contributed by atoms with E-state index >= 15 is 0 Å². The number of fused-ring (bicyclic) bond motifs is 1. The summed E-state index contributed by atoms with van der Waals surface area (Å²) >= 11 is 0. The monoisotopic (exact) mass is 190 g/mol. The van der Waals surface area contributed by atoms with Gasteiger partial charge in [0.1, 0.15) is 5.84 Å². The van der Waals surface area contributed by atoms with Crippen molar-refractivity contribution in [1.29, 1.82) is 5.41 Å². The minimum absolute atomic E-state index is 0.0369. The fourth-order valence-corrected chi connectivity index (χ4v) is 1.52. The van der Waals surface area contributed by atoms with Crippen molar-refractivity contribution in [3.8, 4) is 0 Å². The molecule has 0 bridgehead atoms. The zero-order chi connectivity index (χ0) is 10.3. The van der Waals surface area contributed by atoms with Gasteiger partial charge in [-0.1, -0.05) is 6.07 Å². The Hall–Kier alpha value is -2.04. The van der Waals surface area contributed by atoms with E-state index in [2.05, 4.69) is 4.98 Å². The SMILES string of the molecule is Cn1c(=O)[nH]c2cccc(C(=N)N)c21. The van der Waals surface area contributed by atoms with Gasteiger partial charge in [-0.05, 0) is 12.1 Å². The van der Waals surface area contributed by atoms with Crippen LogP contribution in [0.25, 0.3) is 11.0 Å². The number of H-pyrrole nitrogens is 1. The molecule has 2 rings (SSSR count). The summed E-state index contributed by atoms with van der Waals surface area (Å²) in [5.41, 5.74) is 7.15. The first-order chi connectivity index (χ1) is 6.61. The number of hydrogen-bond donors (Lipinski definition) is 3. The second kappa shape index (κ2) is 2.73. The summed E-state index contributed by atoms with van der Waals surface area (Å²) in [7, 11) is 1.65. The summed E-state index contributed by atoms with van der Waals surface area (Å²) in [6, 6.07) is 5.26. The van der Waals surface area contributed by atoms with Crippen molar-refractivity contribution in [1.82, 2.24) is 9.55 Å². The van der Waals surface area contributed by atoms with Crippen molar-refractivity contribution in [2.75, 3.05) is 0 Å². The van der Waals surface area contributed by atoms with Crippen LogP contribution in [-0.4, -0.2) is 15.4 Å². The molecule has 0 aliphatic carbocycles. The Morgan fingerprint density at radius 1 is 1.57 bits per heavy atom. The highest BCUT2D eigenvalue weighted by Gasteiger charge is 2.09. The number of para-hydroxylation sites is 1. The first-order valence-electron chi connectivity index (χ1n) is 4.13. The number of amidine groups is 1. The van der Waals surface area contributed by atoms with E-state index in [4.69, 9.17) is 11.1 Å². The second-order valence-electron chi connectivity index (χ2n) is 3.10. The highest BCUT2D eigenvalue weighted by molar-refractivity contribution is 6.05. The molecular weight excluding hydrogens is 180 g/mol. The van der Waals surface area contributed by atoms with E-state index in [9.17, 15) is 4.79 Å². The predicted octanol–water partition coefficient (Wildman–Crippen LogP) is 0.151. The predicted molar refractivity (Wildman–Crippen MR) is 54.6 cm³/mol. The molecule has 4 N–H and O–H groups in total. The Bertz CT molecular complexity index is 564. The lowest BCUT2D eigenvalue weighted by atomic mass is 10.1. The van der Waals surface area contributed by atoms with Gasteiger partial charge in [-0.15, -0.1) is 0 Å². The van der Waals surface area contributed by atoms with Crippen LogP contribution < -0.4 is 11.4 Å². The average molecular weight is 190 g/mol. The molecule has 0 atom stereocenters. The second-order valence-corrected chi connectivity index (χ2v) is 3.10. The molecule has 0 amide bonds. The largest absolute Gasteiger partial charge is 0.384 e. The number of aryl methyl sites for hydroxylation is 1. The number of aromatic nitrogens is 2. The summed E-state index contributed by atoms with van der Waals surface area (Å²) in [5, 5.41) is 7.37. The number of hydrogen-bond acceptors (Lipinski definition) is 2. The Balaban J connectivity index is 2.98. The molecule has 0 aliphatic rings. The third kappa shape index (κ3) is 1.02. The number of aromatic amines is 1. The highest BCUT2D eigenvalue weighted by atomic mass is 16.1. The first-order valence-corrected chi connectivity index (χ1v) is 4.13. The van der Waals surface area contributed by atoms with Gasteiger partial charge in [0.25, 0.3) is 0 Å². The Kier molecular flexibility index (Phi) is 1.67. The van der Waals surface area contributed by atoms with Crippen molar-refractivity contribution in [2.45, 2.75) is 0 Å². The number of nitrogens with two attached hydrogens (primary N) is 1. The van der Waals surface area contributed by atoms with Gasteiger partial charge in [0.15, 0.2) is 0 Å². The summed E-state index contributed by atoms with van der Waals surface area (Å²) in [4.78, 5) is 14.0. The van der Waals surface area contributed by atoms with Gasteiger partial charge in [0, 0.05) is 12.6 Å². The molecule has 72 valence electrons. The fourth-order valence-electron chi connectivity index (χ4n) is 1.52. The molecule has 0 radical (unpaired) electrons. The molecule has 14 heavy (non-hydrogen) atoms. The van der Waals surface area contributed by atoms with Gasteiger partial charge in [-0.3, -0.25) is 9.98 Å². The normalized spacial score (nSPS) is 10.6. The summed E-state index contributed by atoms with van der Waals surface area (Å²) in [5.74, 6) is -0.0369. The molecular formula is C9H10N4O. The maximum absolute atomic E-state index is 11.3. The van der Waals surface area contributed by atoms with Crippen molar-refractivity contribution in [3.63, 3.8) is 0 Å². The molecule has 0 unspecified atom stereocenters. The molecule has 0 fully saturated rings. The van der Waals surface area contributed by atoms with Crippen LogP contribution in [0.3, 0.4) is 0 Å². The zero-order valence-corrected chi connectivity index (χ0v) is 7.66. The maximum atomic E-state index is 11.3. The van der Waals surface area contributed by atoms with Crippen LogP contribution >= 0.6 is 0 Å². The highest BCUT2D eigenvalue weighted by Crippen LogP contribution is 2.13. The number of nitrogens with one attached hydrogen (secondary N) is 2. The van der Waals surface area contributed by atoms with E-state index in [0.29, 0.717) is 16.6 Å². The number of imidazole rings is 1. The van der Waals surface area contributed by atoms with E-state index in [1.807, 2.05) is 0 Å². The van der Waals surface area contributed by atoms with E-state index in [0.717, 1.165) is 0 Å². The van der Waals surface area contributed by atoms with Gasteiger partial charge in [-0.25, -0.2) is 4.79 Å². The quantitative estimate of drug-likeness (QED) is 0.441. The van der Waals surface area contributed by atoms with Crippen LogP contribution in [0.15, 0.2) is 23.0 Å². The topological polar surface area (TPSA) is 87.7 Å². The lowest BCUT2D eigenvalue weighted by Gasteiger charge is -2.01. The molecule has 1 aromatic heterocycles. The van der Waals surface area contributed by atoms with E-state index in [1.54, 1.807) is 25.2 Å². The van der Waals surface area contributed by atoms with Crippen LogP contribution in [0.4, 0.5) is 0 Å². The number of benzene rings is 1. The van der Waals surface area contributed by atoms with Gasteiger partial charge in [0.05, 0.1) is 11.0 Å². The van der Waals surface area contributed by atoms with E-state index in [-0.39, 0.29) is 11.5 Å². The minimum Gasteiger partial charge on any atom is -0.384 e. The minimum atomic E-state index is -0.200. The van der Waals surface area contributed by atoms with Crippen molar-refractivity contribution >= 4 is 16.9 Å². The standard InChI is InChI=1S/C9H10N4O/c1-13-7-5(8(10)11)3-2-4-6(7)12-9(13)14/h2-4H,1H3,(H3,10,11)(H,12,14).